The van der Waals surface area contributed by atoms with Crippen LogP contribution in [0.25, 0.3) is 0 Å². The molecule has 1 aromatic rings. The lowest BCUT2D eigenvalue weighted by Crippen LogP contribution is -2.61. The van der Waals surface area contributed by atoms with E-state index in [0.29, 0.717) is 48.4 Å². The predicted octanol–water partition coefficient (Wildman–Crippen LogP) is 7.94. The molecule has 0 bridgehead atoms. The highest BCUT2D eigenvalue weighted by Gasteiger charge is 2.65. The molecule has 0 N–H and O–H groups in total. The van der Waals surface area contributed by atoms with Crippen LogP contribution < -0.4 is 0 Å². The van der Waals surface area contributed by atoms with Crippen LogP contribution in [0, 0.1) is 40.4 Å². The molecule has 4 fully saturated rings. The third-order valence-electron chi connectivity index (χ3n) is 12.6. The number of esters is 2. The van der Waals surface area contributed by atoms with Gasteiger partial charge in [0.1, 0.15) is 11.9 Å². The van der Waals surface area contributed by atoms with Crippen molar-refractivity contribution in [2.45, 2.75) is 130 Å². The molecule has 7 nitrogen and oxygen atoms in total. The first-order chi connectivity index (χ1) is 21.6. The lowest BCUT2D eigenvalue weighted by Gasteiger charge is -2.61. The molecule has 10 atom stereocenters. The van der Waals surface area contributed by atoms with E-state index in [2.05, 4.69) is 20.8 Å². The molecule has 7 heteroatoms. The van der Waals surface area contributed by atoms with Gasteiger partial charge in [-0.1, -0.05) is 45.9 Å². The first-order valence-electron chi connectivity index (χ1n) is 17.7. The van der Waals surface area contributed by atoms with Crippen LogP contribution >= 0.6 is 0 Å². The average molecular weight is 625 g/mol. The minimum atomic E-state index is -0.270. The summed E-state index contributed by atoms with van der Waals surface area (Å²) >= 11 is 0. The van der Waals surface area contributed by atoms with Gasteiger partial charge >= 0.3 is 11.9 Å². The number of ketones is 1. The Kier molecular flexibility index (Phi) is 11.1. The maximum absolute atomic E-state index is 13.7. The predicted molar refractivity (Wildman–Crippen MR) is 172 cm³/mol. The van der Waals surface area contributed by atoms with E-state index in [-0.39, 0.29) is 53.1 Å². The lowest BCUT2D eigenvalue weighted by molar-refractivity contribution is -0.247. The second-order valence-electron chi connectivity index (χ2n) is 15.0. The molecule has 4 aliphatic rings. The number of ether oxygens (including phenoxy) is 4. The zero-order chi connectivity index (χ0) is 32.2. The smallest absolute Gasteiger partial charge is 0.338 e. The van der Waals surface area contributed by atoms with Gasteiger partial charge in [0.2, 0.25) is 0 Å². The van der Waals surface area contributed by atoms with Crippen molar-refractivity contribution in [2.75, 3.05) is 13.7 Å². The highest BCUT2D eigenvalue weighted by atomic mass is 16.7. The van der Waals surface area contributed by atoms with E-state index in [1.54, 1.807) is 0 Å². The van der Waals surface area contributed by atoms with Crippen molar-refractivity contribution >= 4 is 17.7 Å². The third kappa shape index (κ3) is 7.20. The van der Waals surface area contributed by atoms with Gasteiger partial charge in [0, 0.05) is 31.3 Å². The van der Waals surface area contributed by atoms with E-state index in [4.69, 9.17) is 18.9 Å². The second-order valence-corrected chi connectivity index (χ2v) is 15.0. The van der Waals surface area contributed by atoms with Crippen LogP contribution in [0.3, 0.4) is 0 Å². The molecule has 6 unspecified atom stereocenters. The van der Waals surface area contributed by atoms with Gasteiger partial charge in [-0.05, 0) is 111 Å². The van der Waals surface area contributed by atoms with Gasteiger partial charge in [-0.2, -0.15) is 0 Å². The fraction of sp³-hybridized carbons (Fsp3) is 0.763. The molecule has 0 aromatic heterocycles. The molecular formula is C38H56O7. The van der Waals surface area contributed by atoms with Crippen molar-refractivity contribution in [1.82, 2.24) is 0 Å². The minimum absolute atomic E-state index is 0.0455. The quantitative estimate of drug-likeness (QED) is 0.218. The summed E-state index contributed by atoms with van der Waals surface area (Å²) in [5.41, 5.74) is 0.257. The lowest BCUT2D eigenvalue weighted by atomic mass is 9.46. The molecule has 1 saturated heterocycles. The van der Waals surface area contributed by atoms with Crippen LogP contribution in [0.15, 0.2) is 30.3 Å². The van der Waals surface area contributed by atoms with E-state index < -0.39 is 0 Å². The highest BCUT2D eigenvalue weighted by Crippen LogP contribution is 2.67. The molecular weight excluding hydrogens is 568 g/mol. The maximum atomic E-state index is 13.7. The van der Waals surface area contributed by atoms with Crippen LogP contribution in [0.4, 0.5) is 0 Å². The number of carbonyl (C=O) groups is 3. The fourth-order valence-electron chi connectivity index (χ4n) is 9.96. The van der Waals surface area contributed by atoms with E-state index in [1.165, 1.54) is 7.11 Å². The Labute approximate surface area is 270 Å². The van der Waals surface area contributed by atoms with E-state index in [9.17, 15) is 14.4 Å². The maximum Gasteiger partial charge on any atom is 0.338 e. The number of carbonyl (C=O) groups excluding carboxylic acids is 3. The van der Waals surface area contributed by atoms with Gasteiger partial charge in [0.05, 0.1) is 18.8 Å². The molecule has 0 spiro atoms. The Bertz CT molecular complexity index is 1160. The number of fused-ring (bicyclic) bond motifs is 3. The van der Waals surface area contributed by atoms with Gasteiger partial charge < -0.3 is 18.9 Å². The Morgan fingerprint density at radius 3 is 2.47 bits per heavy atom. The van der Waals surface area contributed by atoms with Crippen LogP contribution in [0.5, 0.6) is 0 Å². The normalized spacial score (nSPS) is 36.8. The van der Waals surface area contributed by atoms with Crippen molar-refractivity contribution in [3.63, 3.8) is 0 Å². The summed E-state index contributed by atoms with van der Waals surface area (Å²) in [6.45, 7) is 9.71. The molecule has 5 rings (SSSR count). The molecule has 250 valence electrons. The van der Waals surface area contributed by atoms with Gasteiger partial charge in [-0.3, -0.25) is 9.59 Å². The van der Waals surface area contributed by atoms with Gasteiger partial charge in [-0.15, -0.1) is 0 Å². The summed E-state index contributed by atoms with van der Waals surface area (Å²) in [7, 11) is 1.45. The van der Waals surface area contributed by atoms with Crippen molar-refractivity contribution < 1.29 is 33.3 Å². The Morgan fingerprint density at radius 2 is 1.78 bits per heavy atom. The van der Waals surface area contributed by atoms with E-state index in [0.717, 1.165) is 70.8 Å². The largest absolute Gasteiger partial charge is 0.469 e. The molecule has 3 saturated carbocycles. The minimum Gasteiger partial charge on any atom is -0.469 e. The van der Waals surface area contributed by atoms with Crippen molar-refractivity contribution in [3.05, 3.63) is 35.9 Å². The summed E-state index contributed by atoms with van der Waals surface area (Å²) in [4.78, 5) is 38.4. The molecule has 1 aliphatic heterocycles. The first kappa shape index (κ1) is 34.1. The summed E-state index contributed by atoms with van der Waals surface area (Å²) < 4.78 is 24.6. The summed E-state index contributed by atoms with van der Waals surface area (Å²) in [6, 6.07) is 9.32. The molecule has 1 aromatic carbocycles. The highest BCUT2D eigenvalue weighted by molar-refractivity contribution is 5.89. The molecule has 1 heterocycles. The van der Waals surface area contributed by atoms with Gasteiger partial charge in [0.15, 0.2) is 6.29 Å². The molecule has 0 radical (unpaired) electrons. The number of benzene rings is 1. The summed E-state index contributed by atoms with van der Waals surface area (Å²) in [6.07, 6.45) is 10.7. The zero-order valence-corrected chi connectivity index (χ0v) is 28.3. The second kappa shape index (κ2) is 14.7. The van der Waals surface area contributed by atoms with E-state index in [1.807, 2.05) is 37.3 Å². The Morgan fingerprint density at radius 1 is 1.00 bits per heavy atom. The Balaban J connectivity index is 1.51. The fourth-order valence-corrected chi connectivity index (χ4v) is 9.96. The van der Waals surface area contributed by atoms with Crippen LogP contribution in [0.1, 0.15) is 122 Å². The number of methoxy groups -OCH3 is 1. The van der Waals surface area contributed by atoms with Crippen molar-refractivity contribution in [2.24, 2.45) is 40.4 Å². The summed E-state index contributed by atoms with van der Waals surface area (Å²) in [5.74, 6) is 1.29. The first-order valence-corrected chi connectivity index (χ1v) is 17.7. The van der Waals surface area contributed by atoms with Crippen LogP contribution in [0.2, 0.25) is 0 Å². The van der Waals surface area contributed by atoms with Crippen LogP contribution in [-0.4, -0.2) is 49.9 Å². The van der Waals surface area contributed by atoms with Gasteiger partial charge in [-0.25, -0.2) is 4.79 Å². The topological polar surface area (TPSA) is 88.1 Å². The molecule has 3 aliphatic carbocycles. The van der Waals surface area contributed by atoms with Crippen molar-refractivity contribution in [1.29, 1.82) is 0 Å². The molecule has 45 heavy (non-hydrogen) atoms. The van der Waals surface area contributed by atoms with Crippen LogP contribution in [-0.2, 0) is 28.5 Å². The van der Waals surface area contributed by atoms with Crippen molar-refractivity contribution in [3.8, 4) is 0 Å². The van der Waals surface area contributed by atoms with Gasteiger partial charge in [0.25, 0.3) is 0 Å². The number of Topliss-reactive ketones (excluding diaryl/α,β-unsaturated/α-hetero) is 1. The molecule has 0 amide bonds. The average Bonchev–Trinajstić information content (AvgIpc) is 3.43. The third-order valence-corrected chi connectivity index (χ3v) is 12.6. The summed E-state index contributed by atoms with van der Waals surface area (Å²) in [5, 5.41) is 0. The van der Waals surface area contributed by atoms with E-state index >= 15 is 0 Å². The number of hydrogen-bond donors (Lipinski definition) is 0. The Hall–Kier alpha value is -2.25. The SMILES string of the molecule is CCC(=O)CC[C@@]1(C)CC[C@@H](OC2CCCCO2)C2C1C[C@H](OC(=O)c1ccccc1)[C@]1(C)C(C(C)CCC(=O)OC)CCC21. The number of rotatable bonds is 12. The monoisotopic (exact) mass is 624 g/mol. The number of hydrogen-bond acceptors (Lipinski definition) is 7. The standard InChI is InChI=1S/C38H56O7/c1-6-27(39)19-21-37(3)22-20-31(44-34-14-10-11-23-43-34)35-29-17-16-28(25(2)15-18-33(40)42-5)38(29,4)32(24-30(35)37)45-36(41)26-12-8-7-9-13-26/h7-9,12-13,25,28-32,34-35H,6,10-11,14-24H2,1-5H3/t25?,28?,29?,30?,31-,32+,34?,35?,37+,38-/m1/s1. The zero-order valence-electron chi connectivity index (χ0n) is 28.3.